The zero-order valence-electron chi connectivity index (χ0n) is 19.2. The summed E-state index contributed by atoms with van der Waals surface area (Å²) in [5.41, 5.74) is 7.23. The van der Waals surface area contributed by atoms with E-state index in [1.54, 1.807) is 30.3 Å². The molecule has 8 heteroatoms. The molecule has 5 N–H and O–H groups in total. The zero-order chi connectivity index (χ0) is 24.4. The molecule has 4 atom stereocenters. The van der Waals surface area contributed by atoms with Gasteiger partial charge in [0.1, 0.15) is 18.2 Å². The molecule has 2 rings (SSSR count). The monoisotopic (exact) mass is 455 g/mol. The van der Waals surface area contributed by atoms with Gasteiger partial charge in [-0.1, -0.05) is 74.5 Å². The molecule has 0 aliphatic rings. The van der Waals surface area contributed by atoms with Crippen molar-refractivity contribution in [1.82, 2.24) is 10.6 Å². The third-order valence-corrected chi connectivity index (χ3v) is 5.18. The number of nitrogens with two attached hydrogens (primary N) is 1. The second-order valence-electron chi connectivity index (χ2n) is 8.35. The van der Waals surface area contributed by atoms with Crippen LogP contribution in [0, 0.1) is 5.92 Å². The molecular weight excluding hydrogens is 422 g/mol. The van der Waals surface area contributed by atoms with E-state index in [9.17, 15) is 19.5 Å². The molecule has 2 aromatic carbocycles. The number of benzene rings is 2. The number of amides is 2. The highest BCUT2D eigenvalue weighted by molar-refractivity contribution is 5.92. The molecule has 0 heterocycles. The van der Waals surface area contributed by atoms with E-state index in [4.69, 9.17) is 10.5 Å². The van der Waals surface area contributed by atoms with Crippen LogP contribution >= 0.6 is 0 Å². The Morgan fingerprint density at radius 1 is 0.939 bits per heavy atom. The van der Waals surface area contributed by atoms with Crippen LogP contribution in [-0.4, -0.2) is 48.1 Å². The molecule has 178 valence electrons. The minimum atomic E-state index is -1.36. The van der Waals surface area contributed by atoms with Crippen molar-refractivity contribution in [1.29, 1.82) is 0 Å². The van der Waals surface area contributed by atoms with Gasteiger partial charge >= 0.3 is 5.97 Å². The fraction of sp³-hybridized carbons (Fsp3) is 0.400. The summed E-state index contributed by atoms with van der Waals surface area (Å²) in [5.74, 6) is -1.74. The predicted octanol–water partition coefficient (Wildman–Crippen LogP) is 1.48. The Morgan fingerprint density at radius 2 is 1.52 bits per heavy atom. The van der Waals surface area contributed by atoms with Gasteiger partial charge < -0.3 is 26.2 Å². The van der Waals surface area contributed by atoms with Gasteiger partial charge in [-0.15, -0.1) is 0 Å². The lowest BCUT2D eigenvalue weighted by atomic mass is 9.98. The van der Waals surface area contributed by atoms with Crippen LogP contribution in [0.1, 0.15) is 37.5 Å². The Kier molecular flexibility index (Phi) is 10.0. The highest BCUT2D eigenvalue weighted by Gasteiger charge is 2.34. The molecule has 0 aliphatic heterocycles. The maximum Gasteiger partial charge on any atom is 0.328 e. The van der Waals surface area contributed by atoms with E-state index in [0.717, 1.165) is 5.56 Å². The average Bonchev–Trinajstić information content (AvgIpc) is 2.81. The number of hydrogen-bond donors (Lipinski definition) is 4. The van der Waals surface area contributed by atoms with Gasteiger partial charge in [0, 0.05) is 6.42 Å². The smallest absolute Gasteiger partial charge is 0.328 e. The fourth-order valence-electron chi connectivity index (χ4n) is 3.45. The highest BCUT2D eigenvalue weighted by atomic mass is 16.5. The molecule has 0 saturated carbocycles. The summed E-state index contributed by atoms with van der Waals surface area (Å²) >= 11 is 0. The molecule has 0 fully saturated rings. The first-order valence-electron chi connectivity index (χ1n) is 10.9. The van der Waals surface area contributed by atoms with Crippen molar-refractivity contribution in [2.24, 2.45) is 11.7 Å². The second kappa shape index (κ2) is 12.7. The van der Waals surface area contributed by atoms with Gasteiger partial charge in [-0.05, 0) is 23.5 Å². The third-order valence-electron chi connectivity index (χ3n) is 5.18. The minimum absolute atomic E-state index is 0.173. The van der Waals surface area contributed by atoms with Crippen molar-refractivity contribution in [2.75, 3.05) is 7.11 Å². The van der Waals surface area contributed by atoms with Crippen molar-refractivity contribution in [3.05, 3.63) is 71.8 Å². The Labute approximate surface area is 194 Å². The van der Waals surface area contributed by atoms with E-state index in [-0.39, 0.29) is 12.3 Å². The van der Waals surface area contributed by atoms with Crippen molar-refractivity contribution in [3.8, 4) is 0 Å². The highest BCUT2D eigenvalue weighted by Crippen LogP contribution is 2.18. The number of esters is 1. The fourth-order valence-corrected chi connectivity index (χ4v) is 3.45. The normalized spacial score (nSPS) is 14.6. The van der Waals surface area contributed by atoms with Crippen molar-refractivity contribution in [3.63, 3.8) is 0 Å². The number of hydrogen-bond acceptors (Lipinski definition) is 6. The average molecular weight is 456 g/mol. The summed E-state index contributed by atoms with van der Waals surface area (Å²) in [6.45, 7) is 3.86. The van der Waals surface area contributed by atoms with Crippen LogP contribution in [0.15, 0.2) is 60.7 Å². The molecule has 0 bridgehead atoms. The number of carbonyl (C=O) groups excluding carboxylic acids is 3. The van der Waals surface area contributed by atoms with E-state index < -0.39 is 42.0 Å². The van der Waals surface area contributed by atoms with Gasteiger partial charge in [0.05, 0.1) is 13.2 Å². The second-order valence-corrected chi connectivity index (χ2v) is 8.35. The van der Waals surface area contributed by atoms with Gasteiger partial charge in [-0.3, -0.25) is 9.59 Å². The van der Waals surface area contributed by atoms with Gasteiger partial charge in [-0.2, -0.15) is 0 Å². The van der Waals surface area contributed by atoms with Crippen LogP contribution in [0.2, 0.25) is 0 Å². The number of aliphatic hydroxyl groups excluding tert-OH is 1. The lowest BCUT2D eigenvalue weighted by Crippen LogP contribution is -2.57. The number of nitrogens with one attached hydrogen (secondary N) is 2. The molecule has 0 aliphatic carbocycles. The molecule has 0 unspecified atom stereocenters. The summed E-state index contributed by atoms with van der Waals surface area (Å²) in [5, 5.41) is 16.1. The quantitative estimate of drug-likeness (QED) is 0.380. The molecular formula is C25H33N3O5. The van der Waals surface area contributed by atoms with Crippen LogP contribution in [0.5, 0.6) is 0 Å². The van der Waals surface area contributed by atoms with Crippen LogP contribution in [0.25, 0.3) is 0 Å². The summed E-state index contributed by atoms with van der Waals surface area (Å²) in [4.78, 5) is 38.3. The van der Waals surface area contributed by atoms with E-state index in [0.29, 0.717) is 12.0 Å². The maximum atomic E-state index is 13.2. The number of carbonyl (C=O) groups is 3. The Hall–Kier alpha value is -3.23. The molecule has 0 spiro atoms. The first kappa shape index (κ1) is 26.0. The van der Waals surface area contributed by atoms with Crippen LogP contribution in [0.4, 0.5) is 0 Å². The molecule has 0 aromatic heterocycles. The Bertz CT molecular complexity index is 905. The number of rotatable bonds is 11. The lowest BCUT2D eigenvalue weighted by molar-refractivity contribution is -0.146. The molecule has 2 aromatic rings. The van der Waals surface area contributed by atoms with Gasteiger partial charge in [0.25, 0.3) is 0 Å². The van der Waals surface area contributed by atoms with Crippen LogP contribution in [-0.2, 0) is 25.5 Å². The van der Waals surface area contributed by atoms with Crippen LogP contribution in [0.3, 0.4) is 0 Å². The van der Waals surface area contributed by atoms with E-state index >= 15 is 0 Å². The molecule has 2 amide bonds. The molecule has 8 nitrogen and oxygen atoms in total. The molecule has 33 heavy (non-hydrogen) atoms. The summed E-state index contributed by atoms with van der Waals surface area (Å²) in [6, 6.07) is 14.4. The Morgan fingerprint density at radius 3 is 2.06 bits per heavy atom. The van der Waals surface area contributed by atoms with E-state index in [2.05, 4.69) is 10.6 Å². The van der Waals surface area contributed by atoms with Gasteiger partial charge in [0.2, 0.25) is 11.8 Å². The lowest BCUT2D eigenvalue weighted by Gasteiger charge is -2.27. The minimum Gasteiger partial charge on any atom is -0.467 e. The number of aliphatic hydroxyl groups is 1. The van der Waals surface area contributed by atoms with Crippen molar-refractivity contribution in [2.45, 2.75) is 50.9 Å². The predicted molar refractivity (Wildman–Crippen MR) is 125 cm³/mol. The SMILES string of the molecule is COC(=O)[C@H](Cc1ccccc1)NC(=O)[C@H](NC(=O)[C@@H](N)CC(C)C)[C@H](O)c1ccccc1. The largest absolute Gasteiger partial charge is 0.467 e. The maximum absolute atomic E-state index is 13.2. The van der Waals surface area contributed by atoms with E-state index in [1.165, 1.54) is 7.11 Å². The summed E-state index contributed by atoms with van der Waals surface area (Å²) < 4.78 is 4.85. The molecule has 0 radical (unpaired) electrons. The topological polar surface area (TPSA) is 131 Å². The number of methoxy groups -OCH3 is 1. The Balaban J connectivity index is 2.26. The first-order valence-corrected chi connectivity index (χ1v) is 10.9. The zero-order valence-corrected chi connectivity index (χ0v) is 19.2. The summed E-state index contributed by atoms with van der Waals surface area (Å²) in [6.07, 6.45) is -0.745. The summed E-state index contributed by atoms with van der Waals surface area (Å²) in [7, 11) is 1.23. The van der Waals surface area contributed by atoms with E-state index in [1.807, 2.05) is 44.2 Å². The van der Waals surface area contributed by atoms with Crippen LogP contribution < -0.4 is 16.4 Å². The number of ether oxygens (including phenoxy) is 1. The van der Waals surface area contributed by atoms with Crippen molar-refractivity contribution >= 4 is 17.8 Å². The van der Waals surface area contributed by atoms with Gasteiger partial charge in [0.15, 0.2) is 0 Å². The first-order chi connectivity index (χ1) is 15.7. The van der Waals surface area contributed by atoms with Crippen molar-refractivity contribution < 1.29 is 24.2 Å². The molecule has 0 saturated heterocycles. The standard InChI is InChI=1S/C25H33N3O5/c1-16(2)14-19(26)23(30)28-21(22(29)18-12-8-5-9-13-18)24(31)27-20(25(32)33-3)15-17-10-6-4-7-11-17/h4-13,16,19-22,29H,14-15,26H2,1-3H3,(H,27,31)(H,28,30)/t19-,20-,21+,22+/m0/s1. The third kappa shape index (κ3) is 8.00. The van der Waals surface area contributed by atoms with Gasteiger partial charge in [-0.25, -0.2) is 4.79 Å².